The smallest absolute Gasteiger partial charge is 0.138 e. The van der Waals surface area contributed by atoms with E-state index in [4.69, 9.17) is 0 Å². The summed E-state index contributed by atoms with van der Waals surface area (Å²) in [6.07, 6.45) is 6.21. The van der Waals surface area contributed by atoms with Crippen LogP contribution in [0, 0.1) is 5.92 Å². The van der Waals surface area contributed by atoms with E-state index in [0.717, 1.165) is 38.3 Å². The van der Waals surface area contributed by atoms with Gasteiger partial charge < -0.3 is 5.32 Å². The number of aromatic nitrogens is 3. The molecule has 1 heterocycles. The Labute approximate surface area is 105 Å². The quantitative estimate of drug-likeness (QED) is 0.671. The summed E-state index contributed by atoms with van der Waals surface area (Å²) in [4.78, 5) is 4.37. The molecule has 0 aliphatic heterocycles. The molecule has 0 saturated carbocycles. The van der Waals surface area contributed by atoms with Crippen molar-refractivity contribution in [3.8, 4) is 0 Å². The minimum Gasteiger partial charge on any atom is -0.316 e. The summed E-state index contributed by atoms with van der Waals surface area (Å²) in [5.41, 5.74) is 0. The van der Waals surface area contributed by atoms with Gasteiger partial charge in [-0.25, -0.2) is 4.98 Å². The van der Waals surface area contributed by atoms with Crippen molar-refractivity contribution < 1.29 is 0 Å². The van der Waals surface area contributed by atoms with Crippen molar-refractivity contribution in [2.45, 2.75) is 53.0 Å². The number of hydrogen-bond donors (Lipinski definition) is 1. The summed E-state index contributed by atoms with van der Waals surface area (Å²) < 4.78 is 2.04. The van der Waals surface area contributed by atoms with Crippen molar-refractivity contribution in [1.29, 1.82) is 0 Å². The van der Waals surface area contributed by atoms with E-state index in [1.807, 2.05) is 4.68 Å². The first kappa shape index (κ1) is 14.2. The third-order valence-electron chi connectivity index (χ3n) is 3.04. The fourth-order valence-corrected chi connectivity index (χ4v) is 1.95. The SMILES string of the molecule is CCCNCC(CC)Cc1ncnn1CCC. The molecule has 1 N–H and O–H groups in total. The number of aryl methyl sites for hydroxylation is 1. The third-order valence-corrected chi connectivity index (χ3v) is 3.04. The Morgan fingerprint density at radius 1 is 1.29 bits per heavy atom. The van der Waals surface area contributed by atoms with E-state index in [2.05, 4.69) is 36.2 Å². The highest BCUT2D eigenvalue weighted by atomic mass is 15.3. The van der Waals surface area contributed by atoms with Gasteiger partial charge in [0.15, 0.2) is 0 Å². The highest BCUT2D eigenvalue weighted by Gasteiger charge is 2.11. The molecule has 1 unspecified atom stereocenters. The van der Waals surface area contributed by atoms with Gasteiger partial charge in [-0.3, -0.25) is 4.68 Å². The molecule has 1 rings (SSSR count). The molecule has 4 nitrogen and oxygen atoms in total. The van der Waals surface area contributed by atoms with Gasteiger partial charge in [0.25, 0.3) is 0 Å². The number of rotatable bonds is 9. The van der Waals surface area contributed by atoms with E-state index in [1.54, 1.807) is 6.33 Å². The molecule has 4 heteroatoms. The van der Waals surface area contributed by atoms with Crippen LogP contribution in [0.3, 0.4) is 0 Å². The Kier molecular flexibility index (Phi) is 6.86. The maximum atomic E-state index is 4.37. The number of nitrogens with zero attached hydrogens (tertiary/aromatic N) is 3. The second-order valence-electron chi connectivity index (χ2n) is 4.58. The van der Waals surface area contributed by atoms with Crippen molar-refractivity contribution in [3.63, 3.8) is 0 Å². The van der Waals surface area contributed by atoms with Crippen molar-refractivity contribution >= 4 is 0 Å². The molecule has 0 fully saturated rings. The van der Waals surface area contributed by atoms with Crippen LogP contribution in [0.5, 0.6) is 0 Å². The average Bonchev–Trinajstić information content (AvgIpc) is 2.76. The summed E-state index contributed by atoms with van der Waals surface area (Å²) in [7, 11) is 0. The van der Waals surface area contributed by atoms with Gasteiger partial charge in [-0.15, -0.1) is 0 Å². The molecule has 0 amide bonds. The largest absolute Gasteiger partial charge is 0.316 e. The molecule has 0 aromatic carbocycles. The van der Waals surface area contributed by atoms with Gasteiger partial charge in [0, 0.05) is 13.0 Å². The number of hydrogen-bond acceptors (Lipinski definition) is 3. The first-order chi connectivity index (χ1) is 8.31. The summed E-state index contributed by atoms with van der Waals surface area (Å²) in [5.74, 6) is 1.80. The lowest BCUT2D eigenvalue weighted by molar-refractivity contribution is 0.435. The Morgan fingerprint density at radius 2 is 2.12 bits per heavy atom. The normalized spacial score (nSPS) is 12.9. The van der Waals surface area contributed by atoms with Crippen LogP contribution in [-0.4, -0.2) is 27.9 Å². The van der Waals surface area contributed by atoms with E-state index in [0.29, 0.717) is 5.92 Å². The van der Waals surface area contributed by atoms with E-state index >= 15 is 0 Å². The van der Waals surface area contributed by atoms with Crippen LogP contribution >= 0.6 is 0 Å². The predicted octanol–water partition coefficient (Wildman–Crippen LogP) is 2.26. The van der Waals surface area contributed by atoms with E-state index < -0.39 is 0 Å². The maximum absolute atomic E-state index is 4.37. The summed E-state index contributed by atoms with van der Waals surface area (Å²) in [6, 6.07) is 0. The molecule has 0 aliphatic carbocycles. The van der Waals surface area contributed by atoms with Gasteiger partial charge in [-0.1, -0.05) is 27.2 Å². The molecule has 98 valence electrons. The van der Waals surface area contributed by atoms with Gasteiger partial charge >= 0.3 is 0 Å². The van der Waals surface area contributed by atoms with Gasteiger partial charge in [-0.2, -0.15) is 5.10 Å². The highest BCUT2D eigenvalue weighted by molar-refractivity contribution is 4.87. The van der Waals surface area contributed by atoms with Crippen molar-refractivity contribution in [3.05, 3.63) is 12.2 Å². The monoisotopic (exact) mass is 238 g/mol. The molecule has 1 aromatic heterocycles. The van der Waals surface area contributed by atoms with Crippen LogP contribution in [0.25, 0.3) is 0 Å². The van der Waals surface area contributed by atoms with Gasteiger partial charge in [0.1, 0.15) is 12.2 Å². The molecule has 0 bridgehead atoms. The Bertz CT molecular complexity index is 295. The van der Waals surface area contributed by atoms with Gasteiger partial charge in [0.2, 0.25) is 0 Å². The zero-order valence-corrected chi connectivity index (χ0v) is 11.4. The second kappa shape index (κ2) is 8.23. The Morgan fingerprint density at radius 3 is 2.76 bits per heavy atom. The zero-order chi connectivity index (χ0) is 12.5. The van der Waals surface area contributed by atoms with E-state index in [1.165, 1.54) is 12.8 Å². The minimum absolute atomic E-state index is 0.668. The molecule has 17 heavy (non-hydrogen) atoms. The van der Waals surface area contributed by atoms with Crippen LogP contribution in [0.2, 0.25) is 0 Å². The van der Waals surface area contributed by atoms with Crippen LogP contribution in [0.4, 0.5) is 0 Å². The van der Waals surface area contributed by atoms with Crippen molar-refractivity contribution in [2.24, 2.45) is 5.92 Å². The fraction of sp³-hybridized carbons (Fsp3) is 0.846. The van der Waals surface area contributed by atoms with Crippen LogP contribution in [0.15, 0.2) is 6.33 Å². The molecule has 0 spiro atoms. The lowest BCUT2D eigenvalue weighted by Gasteiger charge is -2.15. The topological polar surface area (TPSA) is 42.7 Å². The van der Waals surface area contributed by atoms with Crippen molar-refractivity contribution in [1.82, 2.24) is 20.1 Å². The molecule has 0 aliphatic rings. The van der Waals surface area contributed by atoms with Gasteiger partial charge in [-0.05, 0) is 31.8 Å². The number of nitrogens with one attached hydrogen (secondary N) is 1. The first-order valence-electron chi connectivity index (χ1n) is 6.89. The third kappa shape index (κ3) is 4.86. The predicted molar refractivity (Wildman–Crippen MR) is 71.0 cm³/mol. The Hall–Kier alpha value is -0.900. The molecule has 1 atom stereocenters. The molecular formula is C13H26N4. The molecule has 1 aromatic rings. The van der Waals surface area contributed by atoms with E-state index in [9.17, 15) is 0 Å². The lowest BCUT2D eigenvalue weighted by atomic mass is 10.0. The van der Waals surface area contributed by atoms with E-state index in [-0.39, 0.29) is 0 Å². The summed E-state index contributed by atoms with van der Waals surface area (Å²) >= 11 is 0. The van der Waals surface area contributed by atoms with Gasteiger partial charge in [0.05, 0.1) is 0 Å². The average molecular weight is 238 g/mol. The second-order valence-corrected chi connectivity index (χ2v) is 4.58. The standard InChI is InChI=1S/C13H26N4/c1-4-7-14-10-12(6-3)9-13-15-11-16-17(13)8-5-2/h11-12,14H,4-10H2,1-3H3. The minimum atomic E-state index is 0.668. The highest BCUT2D eigenvalue weighted by Crippen LogP contribution is 2.09. The maximum Gasteiger partial charge on any atom is 0.138 e. The summed E-state index contributed by atoms with van der Waals surface area (Å²) in [6.45, 7) is 9.80. The fourth-order valence-electron chi connectivity index (χ4n) is 1.95. The molecule has 0 radical (unpaired) electrons. The summed E-state index contributed by atoms with van der Waals surface area (Å²) in [5, 5.41) is 7.77. The molecule has 0 saturated heterocycles. The lowest BCUT2D eigenvalue weighted by Crippen LogP contribution is -2.25. The Balaban J connectivity index is 2.45. The first-order valence-corrected chi connectivity index (χ1v) is 6.89. The van der Waals surface area contributed by atoms with Crippen LogP contribution < -0.4 is 5.32 Å². The van der Waals surface area contributed by atoms with Crippen molar-refractivity contribution in [2.75, 3.05) is 13.1 Å². The zero-order valence-electron chi connectivity index (χ0n) is 11.4. The van der Waals surface area contributed by atoms with Crippen LogP contribution in [0.1, 0.15) is 45.9 Å². The molecular weight excluding hydrogens is 212 g/mol. The van der Waals surface area contributed by atoms with Crippen LogP contribution in [-0.2, 0) is 13.0 Å².